The lowest BCUT2D eigenvalue weighted by Crippen LogP contribution is -2.30. The van der Waals surface area contributed by atoms with Crippen LogP contribution < -0.4 is 10.2 Å². The van der Waals surface area contributed by atoms with Crippen LogP contribution in [0.3, 0.4) is 0 Å². The summed E-state index contributed by atoms with van der Waals surface area (Å²) in [7, 11) is -2.95. The molecule has 2 heterocycles. The zero-order chi connectivity index (χ0) is 24.5. The number of rotatable bonds is 4. The van der Waals surface area contributed by atoms with Gasteiger partial charge < -0.3 is 10.2 Å². The number of carbonyl (C=O) groups excluding carboxylic acids is 1. The van der Waals surface area contributed by atoms with Crippen LogP contribution in [0.4, 0.5) is 20.3 Å². The number of halogens is 2. The van der Waals surface area contributed by atoms with Crippen LogP contribution in [0, 0.1) is 29.5 Å². The Morgan fingerprint density at radius 3 is 2.76 bits per heavy atom. The molecule has 1 aliphatic heterocycles. The quantitative estimate of drug-likeness (QED) is 0.591. The number of carbonyl (C=O) groups is 1. The molecule has 1 amide bonds. The van der Waals surface area contributed by atoms with Crippen molar-refractivity contribution in [2.24, 2.45) is 5.92 Å². The van der Waals surface area contributed by atoms with E-state index in [1.807, 2.05) is 0 Å². The maximum Gasteiger partial charge on any atom is 0.259 e. The number of nitrogens with zero attached hydrogens (tertiary/aromatic N) is 2. The molecule has 2 fully saturated rings. The fraction of sp³-hybridized carbons (Fsp3) is 0.440. The molecule has 0 bridgehead atoms. The second-order valence-corrected chi connectivity index (χ2v) is 11.2. The first-order valence-electron chi connectivity index (χ1n) is 11.3. The minimum Gasteiger partial charge on any atom is -0.356 e. The smallest absolute Gasteiger partial charge is 0.259 e. The molecule has 0 radical (unpaired) electrons. The van der Waals surface area contributed by atoms with Crippen LogP contribution in [-0.4, -0.2) is 40.4 Å². The van der Waals surface area contributed by atoms with Crippen molar-refractivity contribution >= 4 is 27.1 Å². The number of pyridine rings is 1. The Labute approximate surface area is 199 Å². The van der Waals surface area contributed by atoms with Crippen LogP contribution in [0.2, 0.25) is 0 Å². The molecule has 1 saturated heterocycles. The van der Waals surface area contributed by atoms with Gasteiger partial charge in [-0.05, 0) is 49.9 Å². The van der Waals surface area contributed by atoms with Crippen LogP contribution in [-0.2, 0) is 9.73 Å². The highest BCUT2D eigenvalue weighted by molar-refractivity contribution is 7.91. The van der Waals surface area contributed by atoms with Crippen LogP contribution >= 0.6 is 0 Å². The highest BCUT2D eigenvalue weighted by Crippen LogP contribution is 2.33. The maximum absolute atomic E-state index is 14.0. The summed E-state index contributed by atoms with van der Waals surface area (Å²) in [6.45, 7) is 2.27. The molecule has 1 saturated carbocycles. The minimum atomic E-state index is -2.95. The average molecular weight is 487 g/mol. The molecule has 1 unspecified atom stereocenters. The molecule has 2 aliphatic rings. The van der Waals surface area contributed by atoms with Gasteiger partial charge in [0.15, 0.2) is 0 Å². The van der Waals surface area contributed by atoms with Crippen molar-refractivity contribution in [1.82, 2.24) is 4.98 Å². The molecule has 1 aromatic heterocycles. The van der Waals surface area contributed by atoms with Crippen molar-refractivity contribution in [1.29, 1.82) is 4.78 Å². The number of aromatic nitrogens is 1. The van der Waals surface area contributed by atoms with Gasteiger partial charge in [-0.1, -0.05) is 17.9 Å². The molecule has 6 nitrogen and oxygen atoms in total. The summed E-state index contributed by atoms with van der Waals surface area (Å²) in [5.41, 5.74) is 1.97. The van der Waals surface area contributed by atoms with E-state index in [0.29, 0.717) is 52.0 Å². The molecule has 1 atom stereocenters. The van der Waals surface area contributed by atoms with Gasteiger partial charge in [0.1, 0.15) is 5.82 Å². The topological polar surface area (TPSA) is 86.2 Å². The average Bonchev–Trinajstić information content (AvgIpc) is 3.60. The van der Waals surface area contributed by atoms with E-state index >= 15 is 0 Å². The van der Waals surface area contributed by atoms with E-state index in [0.717, 1.165) is 12.8 Å². The van der Waals surface area contributed by atoms with Gasteiger partial charge in [0.2, 0.25) is 5.92 Å². The highest BCUT2D eigenvalue weighted by Gasteiger charge is 2.33. The van der Waals surface area contributed by atoms with Crippen molar-refractivity contribution in [2.45, 2.75) is 49.8 Å². The molecular weight excluding hydrogens is 458 g/mol. The number of nitrogens with one attached hydrogen (secondary N) is 2. The first kappa shape index (κ1) is 24.1. The van der Waals surface area contributed by atoms with Gasteiger partial charge in [0.25, 0.3) is 5.91 Å². The second-order valence-electron chi connectivity index (χ2n) is 9.06. The fourth-order valence-corrected chi connectivity index (χ4v) is 4.61. The van der Waals surface area contributed by atoms with Gasteiger partial charge in [-0.2, -0.15) is 0 Å². The number of alkyl halides is 2. The lowest BCUT2D eigenvalue weighted by molar-refractivity contribution is -0.0102. The molecule has 34 heavy (non-hydrogen) atoms. The maximum atomic E-state index is 14.0. The van der Waals surface area contributed by atoms with Crippen LogP contribution in [0.5, 0.6) is 0 Å². The lowest BCUT2D eigenvalue weighted by Gasteiger charge is -2.25. The Balaban J connectivity index is 1.71. The standard InChI is InChI=1S/C25H28F2N4O2S/c1-17-19(10-9-18-7-8-18)16-29-23(31-13-4-11-25(26,27)12-14-31)22(17)24(32)30-20-5-3-6-21(15-20)34(2,28)33/h3,5-6,15-16,18,28H,4,7-8,11-14H2,1-2H3,(H,30,32). The Morgan fingerprint density at radius 2 is 2.06 bits per heavy atom. The summed E-state index contributed by atoms with van der Waals surface area (Å²) in [5, 5.41) is 2.82. The van der Waals surface area contributed by atoms with Crippen molar-refractivity contribution in [3.63, 3.8) is 0 Å². The first-order valence-corrected chi connectivity index (χ1v) is 13.3. The molecule has 180 valence electrons. The SMILES string of the molecule is Cc1c(C#CC2CC2)cnc(N2CCCC(F)(F)CC2)c1C(=O)Nc1cccc(S(C)(=N)=O)c1. The summed E-state index contributed by atoms with van der Waals surface area (Å²) in [6, 6.07) is 6.37. The normalized spacial score (nSPS) is 19.4. The fourth-order valence-electron chi connectivity index (χ4n) is 3.92. The Kier molecular flexibility index (Phi) is 6.63. The molecule has 2 N–H and O–H groups in total. The van der Waals surface area contributed by atoms with E-state index in [9.17, 15) is 17.8 Å². The summed E-state index contributed by atoms with van der Waals surface area (Å²) in [6.07, 6.45) is 4.89. The molecule has 0 spiro atoms. The monoisotopic (exact) mass is 486 g/mol. The second kappa shape index (κ2) is 9.34. The van der Waals surface area contributed by atoms with E-state index in [2.05, 4.69) is 22.1 Å². The van der Waals surface area contributed by atoms with E-state index < -0.39 is 21.6 Å². The molecule has 2 aromatic rings. The van der Waals surface area contributed by atoms with Gasteiger partial charge in [-0.25, -0.2) is 22.8 Å². The number of hydrogen-bond donors (Lipinski definition) is 2. The summed E-state index contributed by atoms with van der Waals surface area (Å²) in [4.78, 5) is 20.1. The minimum absolute atomic E-state index is 0.0963. The van der Waals surface area contributed by atoms with Crippen LogP contribution in [0.15, 0.2) is 35.4 Å². The van der Waals surface area contributed by atoms with Gasteiger partial charge in [0, 0.05) is 60.4 Å². The van der Waals surface area contributed by atoms with Gasteiger partial charge in [-0.15, -0.1) is 0 Å². The molecular formula is C25H28F2N4O2S. The summed E-state index contributed by atoms with van der Waals surface area (Å²) >= 11 is 0. The molecule has 1 aromatic carbocycles. The third-order valence-corrected chi connectivity index (χ3v) is 7.25. The third kappa shape index (κ3) is 5.73. The largest absolute Gasteiger partial charge is 0.356 e. The van der Waals surface area contributed by atoms with E-state index in [4.69, 9.17) is 4.78 Å². The molecule has 1 aliphatic carbocycles. The van der Waals surface area contributed by atoms with E-state index in [1.165, 1.54) is 12.3 Å². The zero-order valence-electron chi connectivity index (χ0n) is 19.3. The predicted molar refractivity (Wildman–Crippen MR) is 129 cm³/mol. The Hall–Kier alpha value is -2.99. The van der Waals surface area contributed by atoms with Gasteiger partial charge in [0.05, 0.1) is 15.3 Å². The number of anilines is 2. The number of hydrogen-bond acceptors (Lipinski definition) is 5. The zero-order valence-corrected chi connectivity index (χ0v) is 20.1. The summed E-state index contributed by atoms with van der Waals surface area (Å²) < 4.78 is 47.9. The number of benzene rings is 1. The van der Waals surface area contributed by atoms with Crippen molar-refractivity contribution in [3.05, 3.63) is 47.2 Å². The number of amides is 1. The highest BCUT2D eigenvalue weighted by atomic mass is 32.2. The summed E-state index contributed by atoms with van der Waals surface area (Å²) in [5.74, 6) is 3.87. The van der Waals surface area contributed by atoms with Crippen molar-refractivity contribution in [2.75, 3.05) is 29.6 Å². The first-order chi connectivity index (χ1) is 16.0. The van der Waals surface area contributed by atoms with Gasteiger partial charge in [-0.3, -0.25) is 4.79 Å². The Morgan fingerprint density at radius 1 is 1.29 bits per heavy atom. The Bertz CT molecular complexity index is 1280. The van der Waals surface area contributed by atoms with Crippen molar-refractivity contribution < 1.29 is 17.8 Å². The van der Waals surface area contributed by atoms with Crippen LogP contribution in [0.1, 0.15) is 53.6 Å². The lowest BCUT2D eigenvalue weighted by atomic mass is 10.0. The van der Waals surface area contributed by atoms with E-state index in [-0.39, 0.29) is 19.4 Å². The van der Waals surface area contributed by atoms with Crippen molar-refractivity contribution in [3.8, 4) is 11.8 Å². The molecule has 9 heteroatoms. The molecule has 4 rings (SSSR count). The van der Waals surface area contributed by atoms with Gasteiger partial charge >= 0.3 is 0 Å². The van der Waals surface area contributed by atoms with E-state index in [1.54, 1.807) is 36.2 Å². The third-order valence-electron chi connectivity index (χ3n) is 6.09. The predicted octanol–water partition coefficient (Wildman–Crippen LogP) is 5.06. The van der Waals surface area contributed by atoms with Crippen LogP contribution in [0.25, 0.3) is 0 Å².